The first-order chi connectivity index (χ1) is 12.2. The highest BCUT2D eigenvalue weighted by Gasteiger charge is 2.24. The fraction of sp³-hybridized carbons (Fsp3) is 0.650. The molecule has 6 heteroatoms. The zero-order valence-corrected chi connectivity index (χ0v) is 16.7. The Bertz CT molecular complexity index is 590. The van der Waals surface area contributed by atoms with Crippen molar-refractivity contribution in [1.82, 2.24) is 9.80 Å². The number of likely N-dealkylation sites (N-methyl/N-ethyl adjacent to an activating group) is 1. The Labute approximate surface area is 157 Å². The predicted octanol–water partition coefficient (Wildman–Crippen LogP) is 2.92. The second kappa shape index (κ2) is 8.84. The van der Waals surface area contributed by atoms with Gasteiger partial charge in [0.25, 0.3) is 0 Å². The number of benzene rings is 1. The smallest absolute Gasteiger partial charge is 0.321 e. The molecular weight excluding hydrogens is 330 g/mol. The van der Waals surface area contributed by atoms with Gasteiger partial charge in [0.1, 0.15) is 0 Å². The summed E-state index contributed by atoms with van der Waals surface area (Å²) in [5, 5.41) is 13.0. The van der Waals surface area contributed by atoms with Crippen molar-refractivity contribution in [2.75, 3.05) is 31.5 Å². The van der Waals surface area contributed by atoms with Crippen molar-refractivity contribution in [3.05, 3.63) is 29.8 Å². The highest BCUT2D eigenvalue weighted by molar-refractivity contribution is 5.90. The van der Waals surface area contributed by atoms with Crippen LogP contribution in [0.2, 0.25) is 0 Å². The van der Waals surface area contributed by atoms with Crippen LogP contribution >= 0.6 is 0 Å². The minimum absolute atomic E-state index is 0.189. The molecule has 1 fully saturated rings. The Morgan fingerprint density at radius 3 is 2.50 bits per heavy atom. The Kier molecular flexibility index (Phi) is 7.03. The molecule has 2 rings (SSSR count). The predicted molar refractivity (Wildman–Crippen MR) is 104 cm³/mol. The number of nitrogens with zero attached hydrogens (tertiary/aromatic N) is 2. The number of hydrogen-bond acceptors (Lipinski definition) is 4. The Hall–Kier alpha value is -1.63. The molecule has 2 N–H and O–H groups in total. The van der Waals surface area contributed by atoms with E-state index in [0.717, 1.165) is 30.9 Å². The summed E-state index contributed by atoms with van der Waals surface area (Å²) >= 11 is 0. The van der Waals surface area contributed by atoms with Gasteiger partial charge in [0.2, 0.25) is 0 Å². The summed E-state index contributed by atoms with van der Waals surface area (Å²) in [7, 11) is 0. The van der Waals surface area contributed by atoms with E-state index < -0.39 is 5.60 Å². The average Bonchev–Trinajstić information content (AvgIpc) is 2.52. The lowest BCUT2D eigenvalue weighted by Gasteiger charge is -2.35. The summed E-state index contributed by atoms with van der Waals surface area (Å²) in [5.41, 5.74) is 0.979. The molecule has 1 aromatic carbocycles. The lowest BCUT2D eigenvalue weighted by atomic mass is 10.1. The molecule has 0 aliphatic carbocycles. The van der Waals surface area contributed by atoms with Crippen molar-refractivity contribution in [2.45, 2.75) is 59.0 Å². The molecule has 2 unspecified atom stereocenters. The van der Waals surface area contributed by atoms with Crippen LogP contribution in [0.25, 0.3) is 0 Å². The fourth-order valence-corrected chi connectivity index (χ4v) is 3.42. The van der Waals surface area contributed by atoms with E-state index in [0.29, 0.717) is 6.54 Å². The number of ether oxygens (including phenoxy) is 1. The maximum atomic E-state index is 12.6. The van der Waals surface area contributed by atoms with Crippen LogP contribution in [0.5, 0.6) is 0 Å². The Morgan fingerprint density at radius 2 is 1.92 bits per heavy atom. The summed E-state index contributed by atoms with van der Waals surface area (Å²) in [6, 6.07) is 7.71. The van der Waals surface area contributed by atoms with Crippen molar-refractivity contribution in [3.63, 3.8) is 0 Å². The van der Waals surface area contributed by atoms with Gasteiger partial charge in [0.15, 0.2) is 0 Å². The van der Waals surface area contributed by atoms with Gasteiger partial charge in [-0.2, -0.15) is 0 Å². The maximum absolute atomic E-state index is 12.6. The summed E-state index contributed by atoms with van der Waals surface area (Å²) in [6.07, 6.45) is 0.422. The zero-order valence-electron chi connectivity index (χ0n) is 16.7. The van der Waals surface area contributed by atoms with Gasteiger partial charge in [-0.05, 0) is 46.2 Å². The van der Waals surface area contributed by atoms with E-state index in [1.165, 1.54) is 0 Å². The SMILES string of the molecule is CCN(CC(C)(C)O)C(=O)Nc1ccccc1CN1CC(C)OC(C)C1. The molecule has 26 heavy (non-hydrogen) atoms. The van der Waals surface area contributed by atoms with Gasteiger partial charge in [0.05, 0.1) is 24.4 Å². The van der Waals surface area contributed by atoms with Gasteiger partial charge in [-0.1, -0.05) is 18.2 Å². The standard InChI is InChI=1S/C20H33N3O3/c1-6-23(14-20(4,5)25)19(24)21-18-10-8-7-9-17(18)13-22-11-15(2)26-16(3)12-22/h7-10,15-16,25H,6,11-14H2,1-5H3,(H,21,24). The van der Waals surface area contributed by atoms with Gasteiger partial charge in [-0.3, -0.25) is 4.90 Å². The summed E-state index contributed by atoms with van der Waals surface area (Å²) < 4.78 is 5.80. The largest absolute Gasteiger partial charge is 0.389 e. The highest BCUT2D eigenvalue weighted by Crippen LogP contribution is 2.21. The minimum Gasteiger partial charge on any atom is -0.389 e. The van der Waals surface area contributed by atoms with Crippen molar-refractivity contribution < 1.29 is 14.6 Å². The normalized spacial score (nSPS) is 21.5. The molecular formula is C20H33N3O3. The van der Waals surface area contributed by atoms with E-state index in [1.807, 2.05) is 31.2 Å². The molecule has 2 amide bonds. The molecule has 1 heterocycles. The van der Waals surface area contributed by atoms with E-state index in [-0.39, 0.29) is 24.8 Å². The van der Waals surface area contributed by atoms with Crippen molar-refractivity contribution in [1.29, 1.82) is 0 Å². The van der Waals surface area contributed by atoms with Crippen LogP contribution in [0.4, 0.5) is 10.5 Å². The van der Waals surface area contributed by atoms with E-state index in [2.05, 4.69) is 24.1 Å². The number of anilines is 1. The Balaban J connectivity index is 2.07. The monoisotopic (exact) mass is 363 g/mol. The third kappa shape index (κ3) is 6.27. The first kappa shape index (κ1) is 20.7. The molecule has 1 aliphatic heterocycles. The molecule has 2 atom stereocenters. The first-order valence-electron chi connectivity index (χ1n) is 9.42. The zero-order chi connectivity index (χ0) is 19.3. The maximum Gasteiger partial charge on any atom is 0.321 e. The lowest BCUT2D eigenvalue weighted by Crippen LogP contribution is -2.45. The first-order valence-corrected chi connectivity index (χ1v) is 9.42. The second-order valence-electron chi connectivity index (χ2n) is 7.87. The lowest BCUT2D eigenvalue weighted by molar-refractivity contribution is -0.0704. The number of amides is 2. The van der Waals surface area contributed by atoms with Crippen LogP contribution in [0.3, 0.4) is 0 Å². The number of morpholine rings is 1. The van der Waals surface area contributed by atoms with Crippen LogP contribution in [-0.2, 0) is 11.3 Å². The van der Waals surface area contributed by atoms with Crippen LogP contribution < -0.4 is 5.32 Å². The molecule has 0 aromatic heterocycles. The van der Waals surface area contributed by atoms with Crippen LogP contribution in [0, 0.1) is 0 Å². The minimum atomic E-state index is -0.924. The van der Waals surface area contributed by atoms with Gasteiger partial charge in [-0.25, -0.2) is 4.79 Å². The Morgan fingerprint density at radius 1 is 1.31 bits per heavy atom. The van der Waals surface area contributed by atoms with Gasteiger partial charge in [0, 0.05) is 31.9 Å². The molecule has 0 bridgehead atoms. The molecule has 1 saturated heterocycles. The van der Waals surface area contributed by atoms with Crippen LogP contribution in [-0.4, -0.2) is 64.9 Å². The van der Waals surface area contributed by atoms with Gasteiger partial charge in [-0.15, -0.1) is 0 Å². The molecule has 1 aliphatic rings. The van der Waals surface area contributed by atoms with Crippen LogP contribution in [0.15, 0.2) is 24.3 Å². The highest BCUT2D eigenvalue weighted by atomic mass is 16.5. The molecule has 146 valence electrons. The van der Waals surface area contributed by atoms with E-state index in [9.17, 15) is 9.90 Å². The van der Waals surface area contributed by atoms with Crippen molar-refractivity contribution >= 4 is 11.7 Å². The number of nitrogens with one attached hydrogen (secondary N) is 1. The fourth-order valence-electron chi connectivity index (χ4n) is 3.42. The number of para-hydroxylation sites is 1. The summed E-state index contributed by atoms with van der Waals surface area (Å²) in [6.45, 7) is 12.9. The molecule has 6 nitrogen and oxygen atoms in total. The molecule has 0 saturated carbocycles. The van der Waals surface area contributed by atoms with Gasteiger partial charge >= 0.3 is 6.03 Å². The average molecular weight is 364 g/mol. The number of aliphatic hydroxyl groups is 1. The number of rotatable bonds is 6. The van der Waals surface area contributed by atoms with Crippen molar-refractivity contribution in [2.24, 2.45) is 0 Å². The van der Waals surface area contributed by atoms with E-state index in [4.69, 9.17) is 4.74 Å². The third-order valence-corrected chi connectivity index (χ3v) is 4.39. The second-order valence-corrected chi connectivity index (χ2v) is 7.87. The molecule has 1 aromatic rings. The summed E-state index contributed by atoms with van der Waals surface area (Å²) in [4.78, 5) is 16.6. The molecule has 0 spiro atoms. The van der Waals surface area contributed by atoms with E-state index in [1.54, 1.807) is 18.7 Å². The van der Waals surface area contributed by atoms with Crippen LogP contribution in [0.1, 0.15) is 40.2 Å². The topological polar surface area (TPSA) is 65.0 Å². The van der Waals surface area contributed by atoms with Crippen molar-refractivity contribution in [3.8, 4) is 0 Å². The number of hydrogen-bond donors (Lipinski definition) is 2. The number of urea groups is 1. The third-order valence-electron chi connectivity index (χ3n) is 4.39. The number of carbonyl (C=O) groups is 1. The molecule has 0 radical (unpaired) electrons. The van der Waals surface area contributed by atoms with Gasteiger partial charge < -0.3 is 20.1 Å². The quantitative estimate of drug-likeness (QED) is 0.816. The summed E-state index contributed by atoms with van der Waals surface area (Å²) in [5.74, 6) is 0. The number of carbonyl (C=O) groups excluding carboxylic acids is 1. The van der Waals surface area contributed by atoms with E-state index >= 15 is 0 Å².